The molecule has 2 aromatic carbocycles. The van der Waals surface area contributed by atoms with Crippen LogP contribution in [0.25, 0.3) is 11.3 Å². The van der Waals surface area contributed by atoms with Crippen LogP contribution in [0.2, 0.25) is 5.02 Å². The van der Waals surface area contributed by atoms with Crippen LogP contribution in [0.4, 0.5) is 19.8 Å². The molecule has 0 bridgehead atoms. The van der Waals surface area contributed by atoms with Gasteiger partial charge in [-0.3, -0.25) is 15.0 Å². The van der Waals surface area contributed by atoms with Gasteiger partial charge in [0.05, 0.1) is 11.1 Å². The summed E-state index contributed by atoms with van der Waals surface area (Å²) in [5.41, 5.74) is 1.21. The number of carbonyl (C=O) groups is 3. The predicted molar refractivity (Wildman–Crippen MR) is 165 cm³/mol. The van der Waals surface area contributed by atoms with Crippen molar-refractivity contribution in [2.24, 2.45) is 0 Å². The molecule has 0 unspecified atom stereocenters. The van der Waals surface area contributed by atoms with Crippen LogP contribution in [0.1, 0.15) is 32.3 Å². The molecule has 3 aromatic rings. The van der Waals surface area contributed by atoms with Gasteiger partial charge in [-0.05, 0) is 31.9 Å². The van der Waals surface area contributed by atoms with E-state index in [0.29, 0.717) is 30.5 Å². The Morgan fingerprint density at radius 2 is 1.82 bits per heavy atom. The van der Waals surface area contributed by atoms with Crippen molar-refractivity contribution in [2.45, 2.75) is 45.3 Å². The largest absolute Gasteiger partial charge is 0.447 e. The summed E-state index contributed by atoms with van der Waals surface area (Å²) < 4.78 is 24.6. The van der Waals surface area contributed by atoms with E-state index >= 15 is 0 Å². The lowest BCUT2D eigenvalue weighted by atomic mass is 10.1. The third kappa shape index (κ3) is 8.93. The molecule has 11 nitrogen and oxygen atoms in total. The number of hydrogen-bond donors (Lipinski definition) is 2. The van der Waals surface area contributed by atoms with Crippen molar-refractivity contribution in [3.8, 4) is 11.3 Å². The number of benzene rings is 2. The van der Waals surface area contributed by atoms with E-state index in [4.69, 9.17) is 20.9 Å². The summed E-state index contributed by atoms with van der Waals surface area (Å²) in [6.45, 7) is 6.93. The molecule has 44 heavy (non-hydrogen) atoms. The number of anilines is 1. The number of ether oxygens (including phenoxy) is 1. The highest BCUT2D eigenvalue weighted by atomic mass is 35.5. The summed E-state index contributed by atoms with van der Waals surface area (Å²) in [7, 11) is 1.55. The number of piperazine rings is 1. The van der Waals surface area contributed by atoms with E-state index in [1.807, 2.05) is 35.2 Å². The Kier molecular flexibility index (Phi) is 11.6. The van der Waals surface area contributed by atoms with Crippen molar-refractivity contribution < 1.29 is 28.0 Å². The standard InChI is InChI=1S/C31H38ClFN6O5/c1-21(2)38-14-16-39(17-15-38)28(40)13-12-24(37(3)30(41)34-19-23-10-7-11-25(33)29(23)32)20-43-31(42)35-27-18-26(44-36-27)22-8-5-4-6-9-22/h4-11,18,21,24H,12-17,19-20H2,1-3H3,(H,34,41)(H,35,36,42)/t24-/m0/s1. The number of aromatic nitrogens is 1. The first-order valence-corrected chi connectivity index (χ1v) is 14.9. The molecule has 1 aliphatic rings. The van der Waals surface area contributed by atoms with Crippen molar-refractivity contribution in [1.82, 2.24) is 25.2 Å². The third-order valence-corrected chi connectivity index (χ3v) is 8.05. The average Bonchev–Trinajstić information content (AvgIpc) is 3.50. The average molecular weight is 629 g/mol. The van der Waals surface area contributed by atoms with Gasteiger partial charge in [0.1, 0.15) is 12.4 Å². The van der Waals surface area contributed by atoms with Gasteiger partial charge >= 0.3 is 12.1 Å². The fourth-order valence-electron chi connectivity index (χ4n) is 4.86. The van der Waals surface area contributed by atoms with Crippen LogP contribution in [0.3, 0.4) is 0 Å². The Labute approximate surface area is 261 Å². The summed E-state index contributed by atoms with van der Waals surface area (Å²) in [6.07, 6.45) is -0.378. The van der Waals surface area contributed by atoms with E-state index in [-0.39, 0.29) is 42.7 Å². The van der Waals surface area contributed by atoms with E-state index in [0.717, 1.165) is 18.7 Å². The normalized spacial score (nSPS) is 14.3. The summed E-state index contributed by atoms with van der Waals surface area (Å²) in [5, 5.41) is 9.04. The van der Waals surface area contributed by atoms with Crippen LogP contribution in [-0.2, 0) is 16.1 Å². The second-order valence-electron chi connectivity index (χ2n) is 10.9. The molecule has 1 aliphatic heterocycles. The molecule has 4 rings (SSSR count). The summed E-state index contributed by atoms with van der Waals surface area (Å²) >= 11 is 6.03. The Morgan fingerprint density at radius 1 is 1.09 bits per heavy atom. The number of urea groups is 1. The molecule has 236 valence electrons. The van der Waals surface area contributed by atoms with Gasteiger partial charge < -0.3 is 24.4 Å². The van der Waals surface area contributed by atoms with Gasteiger partial charge in [-0.15, -0.1) is 0 Å². The highest BCUT2D eigenvalue weighted by Crippen LogP contribution is 2.22. The van der Waals surface area contributed by atoms with Crippen molar-refractivity contribution in [3.63, 3.8) is 0 Å². The minimum atomic E-state index is -0.792. The Balaban J connectivity index is 1.35. The molecular formula is C31H38ClFN6O5. The smallest absolute Gasteiger partial charge is 0.412 e. The SMILES string of the molecule is CC(C)N1CCN(C(=O)CC[C@@H](COC(=O)Nc2cc(-c3ccccc3)on2)N(C)C(=O)NCc2cccc(F)c2Cl)CC1. The van der Waals surface area contributed by atoms with Crippen molar-refractivity contribution in [1.29, 1.82) is 0 Å². The minimum Gasteiger partial charge on any atom is -0.447 e. The first-order valence-electron chi connectivity index (χ1n) is 14.5. The predicted octanol–water partition coefficient (Wildman–Crippen LogP) is 5.23. The van der Waals surface area contributed by atoms with Crippen LogP contribution in [0.15, 0.2) is 59.1 Å². The molecule has 0 spiro atoms. The lowest BCUT2D eigenvalue weighted by Crippen LogP contribution is -2.51. The van der Waals surface area contributed by atoms with Crippen molar-refractivity contribution in [2.75, 3.05) is 45.2 Å². The van der Waals surface area contributed by atoms with E-state index in [1.165, 1.54) is 17.0 Å². The zero-order chi connectivity index (χ0) is 31.6. The van der Waals surface area contributed by atoms with Gasteiger partial charge in [0, 0.05) is 63.9 Å². The molecule has 2 heterocycles. The van der Waals surface area contributed by atoms with E-state index < -0.39 is 24.0 Å². The highest BCUT2D eigenvalue weighted by molar-refractivity contribution is 6.31. The maximum atomic E-state index is 13.8. The molecule has 0 aliphatic carbocycles. The number of nitrogens with zero attached hydrogens (tertiary/aromatic N) is 4. The molecule has 0 saturated carbocycles. The Morgan fingerprint density at radius 3 is 2.52 bits per heavy atom. The molecule has 1 saturated heterocycles. The monoisotopic (exact) mass is 628 g/mol. The Hall–Kier alpha value is -4.16. The second kappa shape index (κ2) is 15.5. The lowest BCUT2D eigenvalue weighted by Gasteiger charge is -2.37. The lowest BCUT2D eigenvalue weighted by molar-refractivity contribution is -0.133. The van der Waals surface area contributed by atoms with E-state index in [9.17, 15) is 18.8 Å². The number of carbonyl (C=O) groups excluding carboxylic acids is 3. The summed E-state index contributed by atoms with van der Waals surface area (Å²) in [6, 6.07) is 14.5. The van der Waals surface area contributed by atoms with Gasteiger partial charge in [0.25, 0.3) is 0 Å². The second-order valence-corrected chi connectivity index (χ2v) is 11.2. The van der Waals surface area contributed by atoms with Gasteiger partial charge in [0.2, 0.25) is 5.91 Å². The van der Waals surface area contributed by atoms with Gasteiger partial charge in [-0.25, -0.2) is 14.0 Å². The van der Waals surface area contributed by atoms with Gasteiger partial charge in [0.15, 0.2) is 11.6 Å². The molecule has 0 radical (unpaired) electrons. The van der Waals surface area contributed by atoms with Gasteiger partial charge in [-0.1, -0.05) is 59.2 Å². The van der Waals surface area contributed by atoms with Crippen LogP contribution >= 0.6 is 11.6 Å². The first-order chi connectivity index (χ1) is 21.1. The number of halogens is 2. The molecule has 13 heteroatoms. The number of hydrogen-bond acceptors (Lipinski definition) is 7. The Bertz CT molecular complexity index is 1410. The number of nitrogens with one attached hydrogen (secondary N) is 2. The maximum Gasteiger partial charge on any atom is 0.412 e. The number of amides is 4. The highest BCUT2D eigenvalue weighted by Gasteiger charge is 2.27. The summed E-state index contributed by atoms with van der Waals surface area (Å²) in [5.74, 6) is 0.0274. The molecule has 4 amide bonds. The fourth-order valence-corrected chi connectivity index (χ4v) is 5.05. The van der Waals surface area contributed by atoms with Crippen LogP contribution in [0.5, 0.6) is 0 Å². The van der Waals surface area contributed by atoms with E-state index in [1.54, 1.807) is 19.2 Å². The van der Waals surface area contributed by atoms with Crippen molar-refractivity contribution in [3.05, 3.63) is 71.0 Å². The topological polar surface area (TPSA) is 120 Å². The number of likely N-dealkylation sites (N-methyl/N-ethyl adjacent to an activating group) is 1. The first kappa shape index (κ1) is 32.7. The minimum absolute atomic E-state index is 0.0111. The van der Waals surface area contributed by atoms with E-state index in [2.05, 4.69) is 34.5 Å². The molecular weight excluding hydrogens is 591 g/mol. The fraction of sp³-hybridized carbons (Fsp3) is 0.419. The molecule has 1 fully saturated rings. The number of rotatable bonds is 11. The quantitative estimate of drug-likeness (QED) is 0.299. The zero-order valence-corrected chi connectivity index (χ0v) is 25.8. The summed E-state index contributed by atoms with van der Waals surface area (Å²) in [4.78, 5) is 44.3. The molecule has 2 N–H and O–H groups in total. The third-order valence-electron chi connectivity index (χ3n) is 7.62. The molecule has 1 atom stereocenters. The van der Waals surface area contributed by atoms with Gasteiger partial charge in [-0.2, -0.15) is 0 Å². The molecule has 1 aromatic heterocycles. The van der Waals surface area contributed by atoms with Crippen LogP contribution < -0.4 is 10.6 Å². The van der Waals surface area contributed by atoms with Crippen LogP contribution in [0, 0.1) is 5.82 Å². The van der Waals surface area contributed by atoms with Crippen LogP contribution in [-0.4, -0.2) is 89.8 Å². The van der Waals surface area contributed by atoms with Crippen molar-refractivity contribution >= 4 is 35.5 Å². The maximum absolute atomic E-state index is 13.8. The zero-order valence-electron chi connectivity index (χ0n) is 25.1.